The largest absolute Gasteiger partial charge is 0.395 e. The highest BCUT2D eigenvalue weighted by Gasteiger charge is 2.08. The van der Waals surface area contributed by atoms with Gasteiger partial charge in [-0.05, 0) is 16.0 Å². The van der Waals surface area contributed by atoms with E-state index in [0.717, 1.165) is 0 Å². The van der Waals surface area contributed by atoms with Crippen LogP contribution in [0.3, 0.4) is 0 Å². The van der Waals surface area contributed by atoms with Crippen LogP contribution in [0.5, 0.6) is 0 Å². The van der Waals surface area contributed by atoms with Gasteiger partial charge in [-0.25, -0.2) is 0 Å². The first-order valence-corrected chi connectivity index (χ1v) is 2.99. The van der Waals surface area contributed by atoms with Gasteiger partial charge in [0.25, 0.3) is 0 Å². The highest BCUT2D eigenvalue weighted by molar-refractivity contribution is 5.44. The van der Waals surface area contributed by atoms with Crippen molar-refractivity contribution in [3.63, 3.8) is 0 Å². The van der Waals surface area contributed by atoms with Crippen LogP contribution in [0.2, 0.25) is 0 Å². The van der Waals surface area contributed by atoms with Crippen molar-refractivity contribution in [3.8, 4) is 0 Å². The first-order chi connectivity index (χ1) is 5.11. The topological polar surface area (TPSA) is 82.0 Å². The van der Waals surface area contributed by atoms with Crippen LogP contribution >= 0.6 is 0 Å². The molecule has 0 radical (unpaired) electrons. The molecule has 2 N–H and O–H groups in total. The average Bonchev–Trinajstić information content (AvgIpc) is 1.94. The smallest absolute Gasteiger partial charge is 0.363 e. The molecule has 5 nitrogen and oxygen atoms in total. The number of aryl methyl sites for hydroxylation is 1. The van der Waals surface area contributed by atoms with Crippen LogP contribution in [0.4, 0.5) is 11.5 Å². The number of nitrogen functional groups attached to an aromatic ring is 1. The van der Waals surface area contributed by atoms with Gasteiger partial charge in [-0.15, -0.1) is 0 Å². The molecule has 11 heavy (non-hydrogen) atoms. The van der Waals surface area contributed by atoms with Crippen LogP contribution in [0, 0.1) is 17.0 Å². The van der Waals surface area contributed by atoms with Crippen molar-refractivity contribution in [2.45, 2.75) is 6.92 Å². The molecule has 0 spiro atoms. The van der Waals surface area contributed by atoms with E-state index in [-0.39, 0.29) is 5.82 Å². The van der Waals surface area contributed by atoms with Gasteiger partial charge in [0.15, 0.2) is 5.69 Å². The molecule has 0 fully saturated rings. The Bertz CT molecular complexity index is 298. The molecule has 1 heterocycles. The normalized spacial score (nSPS) is 9.55. The number of hydrogen-bond donors (Lipinski definition) is 1. The molecule has 0 aliphatic carbocycles. The lowest BCUT2D eigenvalue weighted by molar-refractivity contribution is -0.389. The maximum atomic E-state index is 10.2. The second kappa shape index (κ2) is 2.53. The molecule has 0 atom stereocenters. The number of rotatable bonds is 1. The summed E-state index contributed by atoms with van der Waals surface area (Å²) in [4.78, 5) is 13.3. The van der Waals surface area contributed by atoms with Crippen molar-refractivity contribution in [1.82, 2.24) is 4.98 Å². The molecular formula is C6H7N3O2. The standard InChI is InChI=1S/C6H7N3O2/c1-4-5(7)2-3-6(8-4)9(10)11/h2-3H,7H2,1H3. The van der Waals surface area contributed by atoms with Crippen LogP contribution < -0.4 is 5.73 Å². The van der Waals surface area contributed by atoms with E-state index in [9.17, 15) is 10.1 Å². The predicted octanol–water partition coefficient (Wildman–Crippen LogP) is 0.880. The van der Waals surface area contributed by atoms with Crippen molar-refractivity contribution in [2.75, 3.05) is 5.73 Å². The highest BCUT2D eigenvalue weighted by atomic mass is 16.6. The molecule has 0 aliphatic rings. The SMILES string of the molecule is Cc1nc([N+](=O)[O-])ccc1N. The molecule has 0 saturated heterocycles. The minimum Gasteiger partial charge on any atom is -0.395 e. The summed E-state index contributed by atoms with van der Waals surface area (Å²) in [5.41, 5.74) is 6.36. The number of nitro groups is 1. The summed E-state index contributed by atoms with van der Waals surface area (Å²) in [7, 11) is 0. The van der Waals surface area contributed by atoms with Gasteiger partial charge in [-0.3, -0.25) is 0 Å². The average molecular weight is 153 g/mol. The molecule has 0 aliphatic heterocycles. The minimum atomic E-state index is -0.549. The molecule has 5 heteroatoms. The Morgan fingerprint density at radius 3 is 2.73 bits per heavy atom. The van der Waals surface area contributed by atoms with Gasteiger partial charge in [0.2, 0.25) is 0 Å². The molecular weight excluding hydrogens is 146 g/mol. The Balaban J connectivity index is 3.15. The van der Waals surface area contributed by atoms with Gasteiger partial charge in [0.05, 0.1) is 5.69 Å². The lowest BCUT2D eigenvalue weighted by Gasteiger charge is -1.94. The monoisotopic (exact) mass is 153 g/mol. The fraction of sp³-hybridized carbons (Fsp3) is 0.167. The molecule has 1 rings (SSSR count). The molecule has 0 unspecified atom stereocenters. The quantitative estimate of drug-likeness (QED) is 0.479. The Hall–Kier alpha value is -1.65. The van der Waals surface area contributed by atoms with E-state index < -0.39 is 4.92 Å². The third-order valence-electron chi connectivity index (χ3n) is 1.30. The Labute approximate surface area is 63.0 Å². The number of aromatic nitrogens is 1. The fourth-order valence-electron chi connectivity index (χ4n) is 0.660. The zero-order valence-corrected chi connectivity index (χ0v) is 5.94. The molecule has 58 valence electrons. The van der Waals surface area contributed by atoms with Crippen molar-refractivity contribution in [2.24, 2.45) is 0 Å². The summed E-state index contributed by atoms with van der Waals surface area (Å²) in [5.74, 6) is -0.170. The fourth-order valence-corrected chi connectivity index (χ4v) is 0.660. The molecule has 0 bridgehead atoms. The lowest BCUT2D eigenvalue weighted by Crippen LogP contribution is -1.97. The Morgan fingerprint density at radius 2 is 2.27 bits per heavy atom. The van der Waals surface area contributed by atoms with Gasteiger partial charge in [-0.2, -0.15) is 0 Å². The maximum Gasteiger partial charge on any atom is 0.363 e. The second-order valence-electron chi connectivity index (χ2n) is 2.10. The van der Waals surface area contributed by atoms with Crippen LogP contribution in [-0.2, 0) is 0 Å². The van der Waals surface area contributed by atoms with Gasteiger partial charge in [0, 0.05) is 13.0 Å². The van der Waals surface area contributed by atoms with Gasteiger partial charge < -0.3 is 15.8 Å². The van der Waals surface area contributed by atoms with Crippen molar-refractivity contribution in [3.05, 3.63) is 27.9 Å². The summed E-state index contributed by atoms with van der Waals surface area (Å²) < 4.78 is 0. The molecule has 0 aromatic carbocycles. The van der Waals surface area contributed by atoms with E-state index in [1.807, 2.05) is 0 Å². The van der Waals surface area contributed by atoms with Crippen LogP contribution in [0.25, 0.3) is 0 Å². The number of anilines is 1. The van der Waals surface area contributed by atoms with E-state index in [1.165, 1.54) is 12.1 Å². The summed E-state index contributed by atoms with van der Waals surface area (Å²) in [6.45, 7) is 1.63. The summed E-state index contributed by atoms with van der Waals surface area (Å²) >= 11 is 0. The van der Waals surface area contributed by atoms with E-state index in [1.54, 1.807) is 6.92 Å². The first-order valence-electron chi connectivity index (χ1n) is 2.99. The van der Waals surface area contributed by atoms with Crippen molar-refractivity contribution >= 4 is 11.5 Å². The number of hydrogen-bond acceptors (Lipinski definition) is 4. The van der Waals surface area contributed by atoms with E-state index in [2.05, 4.69) is 4.98 Å². The number of nitrogens with zero attached hydrogens (tertiary/aromatic N) is 2. The highest BCUT2D eigenvalue weighted by Crippen LogP contribution is 2.12. The molecule has 0 amide bonds. The number of pyridine rings is 1. The lowest BCUT2D eigenvalue weighted by atomic mass is 10.3. The van der Waals surface area contributed by atoms with Gasteiger partial charge >= 0.3 is 5.82 Å². The maximum absolute atomic E-state index is 10.2. The second-order valence-corrected chi connectivity index (χ2v) is 2.10. The van der Waals surface area contributed by atoms with Crippen LogP contribution in [0.1, 0.15) is 5.69 Å². The van der Waals surface area contributed by atoms with Crippen molar-refractivity contribution in [1.29, 1.82) is 0 Å². The number of nitrogens with two attached hydrogens (primary N) is 1. The van der Waals surface area contributed by atoms with Crippen molar-refractivity contribution < 1.29 is 4.92 Å². The van der Waals surface area contributed by atoms with E-state index >= 15 is 0 Å². The third kappa shape index (κ3) is 1.43. The first kappa shape index (κ1) is 7.46. The molecule has 1 aromatic heterocycles. The zero-order valence-electron chi connectivity index (χ0n) is 5.94. The molecule has 1 aromatic rings. The summed E-state index contributed by atoms with van der Waals surface area (Å²) in [5, 5.41) is 10.2. The van der Waals surface area contributed by atoms with Crippen LogP contribution in [0.15, 0.2) is 12.1 Å². The van der Waals surface area contributed by atoms with Crippen LogP contribution in [-0.4, -0.2) is 9.91 Å². The Morgan fingerprint density at radius 1 is 1.64 bits per heavy atom. The van der Waals surface area contributed by atoms with Gasteiger partial charge in [0.1, 0.15) is 0 Å². The van der Waals surface area contributed by atoms with E-state index in [0.29, 0.717) is 11.4 Å². The zero-order chi connectivity index (χ0) is 8.43. The molecule has 0 saturated carbocycles. The van der Waals surface area contributed by atoms with E-state index in [4.69, 9.17) is 5.73 Å². The predicted molar refractivity (Wildman–Crippen MR) is 40.0 cm³/mol. The summed E-state index contributed by atoms with van der Waals surface area (Å²) in [6, 6.07) is 2.75. The third-order valence-corrected chi connectivity index (χ3v) is 1.30. The summed E-state index contributed by atoms with van der Waals surface area (Å²) in [6.07, 6.45) is 0. The Kier molecular flexibility index (Phi) is 1.72. The minimum absolute atomic E-state index is 0.170. The van der Waals surface area contributed by atoms with Gasteiger partial charge in [-0.1, -0.05) is 0 Å².